The van der Waals surface area contributed by atoms with Gasteiger partial charge in [0.05, 0.1) is 12.4 Å². The molecular formula is C16H18ClN5O7. The third kappa shape index (κ3) is 5.03. The first kappa shape index (κ1) is 20.6. The summed E-state index contributed by atoms with van der Waals surface area (Å²) in [6, 6.07) is 0. The van der Waals surface area contributed by atoms with Gasteiger partial charge in [-0.15, -0.1) is 0 Å². The van der Waals surface area contributed by atoms with Crippen molar-refractivity contribution in [2.45, 2.75) is 32.6 Å². The summed E-state index contributed by atoms with van der Waals surface area (Å²) in [6.07, 6.45) is 0.695. The number of aromatic nitrogens is 4. The summed E-state index contributed by atoms with van der Waals surface area (Å²) in [4.78, 5) is 34.8. The number of anilines is 1. The molecule has 156 valence electrons. The molecule has 1 atom stereocenters. The predicted octanol–water partition coefficient (Wildman–Crippen LogP) is 1.68. The van der Waals surface area contributed by atoms with Crippen LogP contribution in [0.15, 0.2) is 20.0 Å². The summed E-state index contributed by atoms with van der Waals surface area (Å²) in [5, 5.41) is 0.0230. The number of nitrogen functional groups attached to an aromatic ring is 1. The van der Waals surface area contributed by atoms with Gasteiger partial charge < -0.3 is 33.3 Å². The monoisotopic (exact) mass is 427 g/mol. The van der Waals surface area contributed by atoms with E-state index in [9.17, 15) is 9.59 Å². The second-order valence-corrected chi connectivity index (χ2v) is 6.26. The van der Waals surface area contributed by atoms with E-state index in [1.165, 1.54) is 14.0 Å². The lowest BCUT2D eigenvalue weighted by Crippen LogP contribution is -2.23. The Morgan fingerprint density at radius 3 is 2.83 bits per heavy atom. The fourth-order valence-electron chi connectivity index (χ4n) is 2.49. The Bertz CT molecular complexity index is 1060. The molecule has 2 N–H and O–H groups in total. The van der Waals surface area contributed by atoms with Crippen LogP contribution in [0.2, 0.25) is 5.28 Å². The lowest BCUT2D eigenvalue weighted by atomic mass is 10.2. The number of ether oxygens (including phenoxy) is 3. The number of imidazole rings is 1. The molecule has 0 saturated heterocycles. The summed E-state index contributed by atoms with van der Waals surface area (Å²) in [5.41, 5.74) is 6.72. The molecule has 0 aliphatic carbocycles. The maximum Gasteiger partial charge on any atom is 0.519 e. The van der Waals surface area contributed by atoms with E-state index in [4.69, 9.17) is 36.0 Å². The van der Waals surface area contributed by atoms with E-state index < -0.39 is 18.1 Å². The van der Waals surface area contributed by atoms with Crippen molar-refractivity contribution >= 4 is 34.7 Å². The fourth-order valence-corrected chi connectivity index (χ4v) is 2.66. The molecule has 0 amide bonds. The average Bonchev–Trinajstić information content (AvgIpc) is 3.22. The van der Waals surface area contributed by atoms with Gasteiger partial charge in [-0.25, -0.2) is 14.6 Å². The number of halogens is 1. The molecule has 3 rings (SSSR count). The molecule has 0 aromatic carbocycles. The lowest BCUT2D eigenvalue weighted by molar-refractivity contribution is -0.00627. The van der Waals surface area contributed by atoms with E-state index in [1.54, 1.807) is 10.9 Å². The van der Waals surface area contributed by atoms with Gasteiger partial charge in [-0.05, 0) is 24.9 Å². The predicted molar refractivity (Wildman–Crippen MR) is 98.3 cm³/mol. The Kier molecular flexibility index (Phi) is 6.34. The highest BCUT2D eigenvalue weighted by Crippen LogP contribution is 2.18. The first-order valence-electron chi connectivity index (χ1n) is 8.43. The number of fused-ring (bicyclic) bond motifs is 1. The first-order chi connectivity index (χ1) is 13.9. The molecule has 13 heteroatoms. The van der Waals surface area contributed by atoms with Gasteiger partial charge in [0.25, 0.3) is 0 Å². The molecule has 0 spiro atoms. The molecule has 3 aromatic heterocycles. The molecule has 1 unspecified atom stereocenters. The lowest BCUT2D eigenvalue weighted by Gasteiger charge is -2.15. The van der Waals surface area contributed by atoms with Crippen molar-refractivity contribution in [1.29, 1.82) is 0 Å². The minimum absolute atomic E-state index is 0.0230. The van der Waals surface area contributed by atoms with Gasteiger partial charge in [0.1, 0.15) is 12.1 Å². The van der Waals surface area contributed by atoms with Crippen LogP contribution in [0.1, 0.15) is 17.9 Å². The standard InChI is InChI=1S/C16H18ClN5O7/c1-8-10(29-16(24)28-8)6-27-15(23)26-5-9(25-2)3-4-22-7-19-11-12(18)20-14(17)21-13(11)22/h7,9H,3-6H2,1-2H3,(H2,18,20,21). The highest BCUT2D eigenvalue weighted by atomic mass is 35.5. The molecule has 0 saturated carbocycles. The molecule has 0 bridgehead atoms. The Balaban J connectivity index is 1.50. The second-order valence-electron chi connectivity index (χ2n) is 5.92. The SMILES string of the molecule is COC(CCn1cnc2c(N)nc(Cl)nc21)COC(=O)OCc1oc(=O)oc1C. The number of carbonyl (C=O) groups excluding carboxylic acids is 1. The van der Waals surface area contributed by atoms with Gasteiger partial charge in [0, 0.05) is 13.7 Å². The Hall–Kier alpha value is -3.12. The number of rotatable bonds is 8. The second kappa shape index (κ2) is 8.92. The van der Waals surface area contributed by atoms with E-state index in [-0.39, 0.29) is 35.8 Å². The molecule has 0 radical (unpaired) electrons. The van der Waals surface area contributed by atoms with Crippen molar-refractivity contribution < 1.29 is 27.8 Å². The number of hydrogen-bond donors (Lipinski definition) is 1. The Morgan fingerprint density at radius 1 is 1.34 bits per heavy atom. The maximum absolute atomic E-state index is 11.7. The van der Waals surface area contributed by atoms with Crippen molar-refractivity contribution in [1.82, 2.24) is 19.5 Å². The molecule has 12 nitrogen and oxygen atoms in total. The molecule has 3 heterocycles. The van der Waals surface area contributed by atoms with E-state index in [1.807, 2.05) is 0 Å². The fraction of sp³-hybridized carbons (Fsp3) is 0.438. The van der Waals surface area contributed by atoms with Gasteiger partial charge in [-0.3, -0.25) is 0 Å². The van der Waals surface area contributed by atoms with Gasteiger partial charge in [-0.1, -0.05) is 0 Å². The Morgan fingerprint density at radius 2 is 2.14 bits per heavy atom. The van der Waals surface area contributed by atoms with Gasteiger partial charge >= 0.3 is 12.0 Å². The summed E-state index contributed by atoms with van der Waals surface area (Å²) in [6.45, 7) is 1.64. The zero-order valence-corrected chi connectivity index (χ0v) is 16.3. The van der Waals surface area contributed by atoms with Crippen LogP contribution >= 0.6 is 11.6 Å². The van der Waals surface area contributed by atoms with Gasteiger partial charge in [0.2, 0.25) is 5.28 Å². The number of hydrogen-bond acceptors (Lipinski definition) is 11. The number of methoxy groups -OCH3 is 1. The van der Waals surface area contributed by atoms with Crippen LogP contribution in [0.4, 0.5) is 10.6 Å². The maximum atomic E-state index is 11.7. The number of nitrogens with zero attached hydrogens (tertiary/aromatic N) is 4. The molecule has 3 aromatic rings. The topological polar surface area (TPSA) is 158 Å². The van der Waals surface area contributed by atoms with Crippen LogP contribution in [-0.2, 0) is 27.4 Å². The minimum Gasteiger partial charge on any atom is -0.432 e. The number of aryl methyl sites for hydroxylation is 2. The van der Waals surface area contributed by atoms with Crippen molar-refractivity contribution in [2.75, 3.05) is 19.5 Å². The van der Waals surface area contributed by atoms with Crippen LogP contribution in [0, 0.1) is 6.92 Å². The van der Waals surface area contributed by atoms with Crippen molar-refractivity contribution in [2.24, 2.45) is 0 Å². The summed E-state index contributed by atoms with van der Waals surface area (Å²) < 4.78 is 26.4. The van der Waals surface area contributed by atoms with Crippen LogP contribution in [0.3, 0.4) is 0 Å². The highest BCUT2D eigenvalue weighted by molar-refractivity contribution is 6.28. The van der Waals surface area contributed by atoms with Crippen molar-refractivity contribution in [3.05, 3.63) is 33.7 Å². The zero-order chi connectivity index (χ0) is 21.0. The molecule has 29 heavy (non-hydrogen) atoms. The quantitative estimate of drug-likeness (QED) is 0.411. The third-order valence-corrected chi connectivity index (χ3v) is 4.20. The van der Waals surface area contributed by atoms with E-state index in [2.05, 4.69) is 19.4 Å². The van der Waals surface area contributed by atoms with E-state index in [0.717, 1.165) is 0 Å². The zero-order valence-electron chi connectivity index (χ0n) is 15.6. The largest absolute Gasteiger partial charge is 0.519 e. The van der Waals surface area contributed by atoms with Gasteiger partial charge in [0.15, 0.2) is 29.6 Å². The summed E-state index contributed by atoms with van der Waals surface area (Å²) in [7, 11) is 1.49. The summed E-state index contributed by atoms with van der Waals surface area (Å²) >= 11 is 5.84. The minimum atomic E-state index is -0.935. The Labute approximate surface area is 168 Å². The normalized spacial score (nSPS) is 12.2. The smallest absolute Gasteiger partial charge is 0.432 e. The molecule has 0 fully saturated rings. The summed E-state index contributed by atoms with van der Waals surface area (Å²) in [5.74, 6) is -0.331. The van der Waals surface area contributed by atoms with E-state index in [0.29, 0.717) is 24.1 Å². The molecule has 0 aliphatic rings. The van der Waals surface area contributed by atoms with Crippen LogP contribution in [-0.4, -0.2) is 45.5 Å². The van der Waals surface area contributed by atoms with Crippen LogP contribution in [0.5, 0.6) is 0 Å². The van der Waals surface area contributed by atoms with Crippen molar-refractivity contribution in [3.8, 4) is 0 Å². The molecule has 0 aliphatic heterocycles. The number of nitrogens with two attached hydrogens (primary N) is 1. The van der Waals surface area contributed by atoms with Crippen molar-refractivity contribution in [3.63, 3.8) is 0 Å². The van der Waals surface area contributed by atoms with Crippen LogP contribution in [0.25, 0.3) is 11.2 Å². The molecular weight excluding hydrogens is 410 g/mol. The highest BCUT2D eigenvalue weighted by Gasteiger charge is 2.16. The van der Waals surface area contributed by atoms with Gasteiger partial charge in [-0.2, -0.15) is 9.97 Å². The van der Waals surface area contributed by atoms with E-state index >= 15 is 0 Å². The average molecular weight is 428 g/mol. The van der Waals surface area contributed by atoms with Crippen LogP contribution < -0.4 is 11.6 Å². The first-order valence-corrected chi connectivity index (χ1v) is 8.80. The third-order valence-electron chi connectivity index (χ3n) is 4.03. The number of carbonyl (C=O) groups is 1.